The van der Waals surface area contributed by atoms with Crippen molar-refractivity contribution in [2.75, 3.05) is 16.2 Å². The third-order valence-corrected chi connectivity index (χ3v) is 5.03. The van der Waals surface area contributed by atoms with Crippen LogP contribution >= 0.6 is 11.8 Å². The Hall–Kier alpha value is -1.66. The van der Waals surface area contributed by atoms with Gasteiger partial charge >= 0.3 is 0 Å². The number of para-hydroxylation sites is 2. The summed E-state index contributed by atoms with van der Waals surface area (Å²) >= 11 is 1.60. The molecule has 0 fully saturated rings. The molecule has 2 rings (SSSR count). The van der Waals surface area contributed by atoms with Gasteiger partial charge < -0.3 is 5.73 Å². The lowest BCUT2D eigenvalue weighted by Gasteiger charge is -2.12. The number of thioether (sulfide) groups is 1. The number of nitrogens with two attached hydrogens (primary N) is 1. The van der Waals surface area contributed by atoms with Crippen LogP contribution < -0.4 is 10.5 Å². The van der Waals surface area contributed by atoms with Crippen LogP contribution in [0.5, 0.6) is 0 Å². The SMILES string of the molecule is CCSc1ccccc1NS(=O)(=O)Cc1ccccc1N. The molecule has 21 heavy (non-hydrogen) atoms. The van der Waals surface area contributed by atoms with E-state index in [1.54, 1.807) is 42.1 Å². The molecule has 0 aliphatic rings. The molecule has 0 radical (unpaired) electrons. The van der Waals surface area contributed by atoms with Gasteiger partial charge in [-0.1, -0.05) is 37.3 Å². The number of hydrogen-bond donors (Lipinski definition) is 2. The van der Waals surface area contributed by atoms with Crippen LogP contribution in [0.2, 0.25) is 0 Å². The van der Waals surface area contributed by atoms with E-state index in [0.29, 0.717) is 16.9 Å². The van der Waals surface area contributed by atoms with Gasteiger partial charge in [0.25, 0.3) is 0 Å². The van der Waals surface area contributed by atoms with Gasteiger partial charge in [0.1, 0.15) is 0 Å². The van der Waals surface area contributed by atoms with E-state index in [1.807, 2.05) is 25.1 Å². The second-order valence-electron chi connectivity index (χ2n) is 4.49. The fourth-order valence-corrected chi connectivity index (χ4v) is 3.99. The highest BCUT2D eigenvalue weighted by molar-refractivity contribution is 7.99. The van der Waals surface area contributed by atoms with E-state index >= 15 is 0 Å². The predicted molar refractivity (Wildman–Crippen MR) is 89.9 cm³/mol. The van der Waals surface area contributed by atoms with Gasteiger partial charge in [-0.15, -0.1) is 11.8 Å². The second kappa shape index (κ2) is 6.87. The van der Waals surface area contributed by atoms with Gasteiger partial charge in [0.05, 0.1) is 11.4 Å². The minimum Gasteiger partial charge on any atom is -0.398 e. The molecule has 0 aliphatic carbocycles. The molecule has 2 aromatic rings. The van der Waals surface area contributed by atoms with Crippen LogP contribution in [0.15, 0.2) is 53.4 Å². The quantitative estimate of drug-likeness (QED) is 0.632. The van der Waals surface area contributed by atoms with E-state index in [-0.39, 0.29) is 5.75 Å². The molecule has 0 atom stereocenters. The molecule has 0 bridgehead atoms. The van der Waals surface area contributed by atoms with Gasteiger partial charge in [0, 0.05) is 10.6 Å². The minimum absolute atomic E-state index is 0.134. The molecule has 0 heterocycles. The highest BCUT2D eigenvalue weighted by Gasteiger charge is 2.15. The summed E-state index contributed by atoms with van der Waals surface area (Å²) in [5.41, 5.74) is 7.50. The smallest absolute Gasteiger partial charge is 0.237 e. The van der Waals surface area contributed by atoms with Crippen LogP contribution in [0.1, 0.15) is 12.5 Å². The van der Waals surface area contributed by atoms with E-state index in [4.69, 9.17) is 5.73 Å². The summed E-state index contributed by atoms with van der Waals surface area (Å²) in [4.78, 5) is 0.921. The summed E-state index contributed by atoms with van der Waals surface area (Å²) in [6, 6.07) is 14.4. The van der Waals surface area contributed by atoms with Gasteiger partial charge in [-0.3, -0.25) is 4.72 Å². The monoisotopic (exact) mass is 322 g/mol. The van der Waals surface area contributed by atoms with Gasteiger partial charge in [-0.05, 0) is 29.5 Å². The van der Waals surface area contributed by atoms with Crippen molar-refractivity contribution < 1.29 is 8.42 Å². The van der Waals surface area contributed by atoms with E-state index in [2.05, 4.69) is 4.72 Å². The standard InChI is InChI=1S/C15H18N2O2S2/c1-2-20-15-10-6-5-9-14(15)17-21(18,19)11-12-7-3-4-8-13(12)16/h3-10,17H,2,11,16H2,1H3. The normalized spacial score (nSPS) is 11.3. The Balaban J connectivity index is 2.20. The summed E-state index contributed by atoms with van der Waals surface area (Å²) < 4.78 is 27.2. The first-order valence-electron chi connectivity index (χ1n) is 6.57. The third kappa shape index (κ3) is 4.41. The maximum Gasteiger partial charge on any atom is 0.237 e. The van der Waals surface area contributed by atoms with Crippen LogP contribution in [-0.4, -0.2) is 14.2 Å². The number of benzene rings is 2. The zero-order valence-electron chi connectivity index (χ0n) is 11.7. The van der Waals surface area contributed by atoms with E-state index < -0.39 is 10.0 Å². The van der Waals surface area contributed by atoms with Crippen LogP contribution in [0.3, 0.4) is 0 Å². The molecule has 3 N–H and O–H groups in total. The summed E-state index contributed by atoms with van der Waals surface area (Å²) in [6.07, 6.45) is 0. The number of nitrogens with one attached hydrogen (secondary N) is 1. The lowest BCUT2D eigenvalue weighted by atomic mass is 10.2. The Morgan fingerprint density at radius 2 is 1.76 bits per heavy atom. The molecule has 0 saturated heterocycles. The van der Waals surface area contributed by atoms with Crippen molar-refractivity contribution in [2.24, 2.45) is 0 Å². The third-order valence-electron chi connectivity index (χ3n) is 2.85. The Kier molecular flexibility index (Phi) is 5.14. The fourth-order valence-electron chi connectivity index (χ4n) is 1.91. The van der Waals surface area contributed by atoms with E-state index in [0.717, 1.165) is 10.6 Å². The maximum atomic E-state index is 12.3. The molecule has 6 heteroatoms. The summed E-state index contributed by atoms with van der Waals surface area (Å²) in [7, 11) is -3.49. The molecule has 0 aliphatic heterocycles. The van der Waals surface area contributed by atoms with E-state index in [9.17, 15) is 8.42 Å². The van der Waals surface area contributed by atoms with Crippen molar-refractivity contribution in [1.29, 1.82) is 0 Å². The fraction of sp³-hybridized carbons (Fsp3) is 0.200. The highest BCUT2D eigenvalue weighted by Crippen LogP contribution is 2.28. The van der Waals surface area contributed by atoms with Crippen molar-refractivity contribution in [3.05, 3.63) is 54.1 Å². The lowest BCUT2D eigenvalue weighted by molar-refractivity contribution is 0.600. The lowest BCUT2D eigenvalue weighted by Crippen LogP contribution is -2.16. The summed E-state index contributed by atoms with van der Waals surface area (Å²) in [5, 5.41) is 0. The molecular formula is C15H18N2O2S2. The summed E-state index contributed by atoms with van der Waals surface area (Å²) in [6.45, 7) is 2.03. The Bertz CT molecular complexity index is 715. The number of nitrogen functional groups attached to an aromatic ring is 1. The average Bonchev–Trinajstić information content (AvgIpc) is 2.43. The molecule has 0 spiro atoms. The molecule has 0 saturated carbocycles. The second-order valence-corrected chi connectivity index (χ2v) is 7.52. The first-order valence-corrected chi connectivity index (χ1v) is 9.21. The molecule has 4 nitrogen and oxygen atoms in total. The van der Waals surface area contributed by atoms with Crippen molar-refractivity contribution >= 4 is 33.2 Å². The Morgan fingerprint density at radius 3 is 2.48 bits per heavy atom. The van der Waals surface area contributed by atoms with Gasteiger partial charge in [-0.25, -0.2) is 8.42 Å². The number of sulfonamides is 1. The van der Waals surface area contributed by atoms with E-state index in [1.165, 1.54) is 0 Å². The number of anilines is 2. The van der Waals surface area contributed by atoms with Crippen molar-refractivity contribution in [2.45, 2.75) is 17.6 Å². The summed E-state index contributed by atoms with van der Waals surface area (Å²) in [5.74, 6) is 0.745. The molecule has 0 aromatic heterocycles. The first kappa shape index (κ1) is 15.7. The molecular weight excluding hydrogens is 304 g/mol. The average molecular weight is 322 g/mol. The van der Waals surface area contributed by atoms with Gasteiger partial charge in [-0.2, -0.15) is 0 Å². The molecule has 112 valence electrons. The van der Waals surface area contributed by atoms with Crippen LogP contribution in [-0.2, 0) is 15.8 Å². The minimum atomic E-state index is -3.49. The van der Waals surface area contributed by atoms with Crippen LogP contribution in [0.4, 0.5) is 11.4 Å². The largest absolute Gasteiger partial charge is 0.398 e. The molecule has 2 aromatic carbocycles. The number of hydrogen-bond acceptors (Lipinski definition) is 4. The highest BCUT2D eigenvalue weighted by atomic mass is 32.2. The van der Waals surface area contributed by atoms with Gasteiger partial charge in [0.2, 0.25) is 10.0 Å². The zero-order valence-corrected chi connectivity index (χ0v) is 13.4. The topological polar surface area (TPSA) is 72.2 Å². The molecule has 0 unspecified atom stereocenters. The zero-order chi connectivity index (χ0) is 15.3. The van der Waals surface area contributed by atoms with Gasteiger partial charge in [0.15, 0.2) is 0 Å². The predicted octanol–water partition coefficient (Wildman–Crippen LogP) is 3.32. The number of rotatable bonds is 6. The molecule has 0 amide bonds. The van der Waals surface area contributed by atoms with Crippen molar-refractivity contribution in [1.82, 2.24) is 0 Å². The first-order chi connectivity index (χ1) is 10.0. The Labute approximate surface area is 129 Å². The van der Waals surface area contributed by atoms with Crippen molar-refractivity contribution in [3.8, 4) is 0 Å². The van der Waals surface area contributed by atoms with Crippen LogP contribution in [0.25, 0.3) is 0 Å². The Morgan fingerprint density at radius 1 is 1.10 bits per heavy atom. The maximum absolute atomic E-state index is 12.3. The van der Waals surface area contributed by atoms with Crippen molar-refractivity contribution in [3.63, 3.8) is 0 Å². The van der Waals surface area contributed by atoms with Crippen LogP contribution in [0, 0.1) is 0 Å².